The summed E-state index contributed by atoms with van der Waals surface area (Å²) in [7, 11) is 4.07. The van der Waals surface area contributed by atoms with Crippen LogP contribution in [0.4, 0.5) is 15.9 Å². The van der Waals surface area contributed by atoms with E-state index < -0.39 is 0 Å². The fourth-order valence-corrected chi connectivity index (χ4v) is 3.18. The van der Waals surface area contributed by atoms with Gasteiger partial charge >= 0.3 is 0 Å². The second-order valence-corrected chi connectivity index (χ2v) is 7.24. The third-order valence-corrected chi connectivity index (χ3v) is 4.76. The molecule has 0 saturated heterocycles. The van der Waals surface area contributed by atoms with E-state index in [0.717, 1.165) is 18.4 Å². The number of fused-ring (bicyclic) bond motifs is 2. The number of ether oxygens (including phenoxy) is 2. The van der Waals surface area contributed by atoms with Crippen molar-refractivity contribution in [2.45, 2.75) is 19.4 Å². The van der Waals surface area contributed by atoms with Crippen LogP contribution in [0.15, 0.2) is 36.7 Å². The van der Waals surface area contributed by atoms with Gasteiger partial charge in [0.15, 0.2) is 11.5 Å². The number of hydrogen-bond donors (Lipinski definition) is 1. The maximum Gasteiger partial charge on any atom is 0.163 e. The van der Waals surface area contributed by atoms with E-state index in [1.165, 1.54) is 6.33 Å². The number of anilines is 2. The number of hydrogen-bond acceptors (Lipinski definition) is 6. The Bertz CT molecular complexity index is 1010. The molecule has 28 heavy (non-hydrogen) atoms. The first-order chi connectivity index (χ1) is 13.5. The molecule has 2 aromatic carbocycles. The predicted molar refractivity (Wildman–Crippen MR) is 107 cm³/mol. The molecule has 1 N–H and O–H groups in total. The first kappa shape index (κ1) is 18.4. The highest BCUT2D eigenvalue weighted by molar-refractivity contribution is 5.93. The fourth-order valence-electron chi connectivity index (χ4n) is 3.18. The molecular weight excluding hydrogens is 359 g/mol. The van der Waals surface area contributed by atoms with Crippen molar-refractivity contribution in [3.63, 3.8) is 0 Å². The topological polar surface area (TPSA) is 59.5 Å². The third kappa shape index (κ3) is 3.71. The molecule has 0 aliphatic carbocycles. The second kappa shape index (κ2) is 7.59. The van der Waals surface area contributed by atoms with Crippen molar-refractivity contribution in [2.75, 3.05) is 32.6 Å². The first-order valence-electron chi connectivity index (χ1n) is 9.26. The van der Waals surface area contributed by atoms with Crippen LogP contribution >= 0.6 is 0 Å². The van der Waals surface area contributed by atoms with Crippen LogP contribution in [0.5, 0.6) is 11.5 Å². The monoisotopic (exact) mass is 382 g/mol. The summed E-state index contributed by atoms with van der Waals surface area (Å²) < 4.78 is 26.4. The van der Waals surface area contributed by atoms with Gasteiger partial charge in [-0.15, -0.1) is 0 Å². The van der Waals surface area contributed by atoms with Crippen LogP contribution in [0.3, 0.4) is 0 Å². The highest BCUT2D eigenvalue weighted by Crippen LogP contribution is 2.38. The lowest BCUT2D eigenvalue weighted by Gasteiger charge is -2.27. The third-order valence-electron chi connectivity index (χ3n) is 4.76. The Kier molecular flexibility index (Phi) is 5.00. The molecule has 0 bridgehead atoms. The van der Waals surface area contributed by atoms with Gasteiger partial charge in [0.05, 0.1) is 11.2 Å². The minimum atomic E-state index is -0.296. The Morgan fingerprint density at radius 3 is 2.89 bits per heavy atom. The molecule has 1 aliphatic rings. The van der Waals surface area contributed by atoms with Crippen molar-refractivity contribution >= 4 is 22.4 Å². The van der Waals surface area contributed by atoms with Gasteiger partial charge in [-0.2, -0.15) is 0 Å². The first-order valence-corrected chi connectivity index (χ1v) is 9.26. The molecule has 0 saturated carbocycles. The van der Waals surface area contributed by atoms with Crippen LogP contribution in [0, 0.1) is 12.7 Å². The SMILES string of the molecule is Cc1cccc(Nc2ncnc3cc4c(cc23)OC(CCN(C)C)CO4)c1F. The van der Waals surface area contributed by atoms with Gasteiger partial charge in [-0.05, 0) is 38.7 Å². The van der Waals surface area contributed by atoms with Crippen LogP contribution in [-0.4, -0.2) is 48.2 Å². The summed E-state index contributed by atoms with van der Waals surface area (Å²) in [6, 6.07) is 8.92. The zero-order valence-corrected chi connectivity index (χ0v) is 16.2. The number of nitrogens with one attached hydrogen (secondary N) is 1. The highest BCUT2D eigenvalue weighted by Gasteiger charge is 2.23. The van der Waals surface area contributed by atoms with Gasteiger partial charge in [0.2, 0.25) is 0 Å². The number of aryl methyl sites for hydroxylation is 1. The number of rotatable bonds is 5. The molecule has 6 nitrogen and oxygen atoms in total. The van der Waals surface area contributed by atoms with Crippen molar-refractivity contribution < 1.29 is 13.9 Å². The summed E-state index contributed by atoms with van der Waals surface area (Å²) in [5, 5.41) is 3.83. The molecule has 7 heteroatoms. The minimum Gasteiger partial charge on any atom is -0.486 e. The Morgan fingerprint density at radius 2 is 2.07 bits per heavy atom. The van der Waals surface area contributed by atoms with Gasteiger partial charge in [-0.3, -0.25) is 0 Å². The van der Waals surface area contributed by atoms with Crippen molar-refractivity contribution in [1.29, 1.82) is 0 Å². The van der Waals surface area contributed by atoms with Crippen LogP contribution in [-0.2, 0) is 0 Å². The maximum absolute atomic E-state index is 14.4. The van der Waals surface area contributed by atoms with E-state index in [2.05, 4.69) is 20.2 Å². The summed E-state index contributed by atoms with van der Waals surface area (Å²) in [6.45, 7) is 3.16. The zero-order valence-electron chi connectivity index (χ0n) is 16.2. The minimum absolute atomic E-state index is 0.0115. The summed E-state index contributed by atoms with van der Waals surface area (Å²) in [4.78, 5) is 10.7. The van der Waals surface area contributed by atoms with Gasteiger partial charge in [0.1, 0.15) is 30.7 Å². The van der Waals surface area contributed by atoms with E-state index in [1.54, 1.807) is 25.1 Å². The van der Waals surface area contributed by atoms with Crippen molar-refractivity contribution in [2.24, 2.45) is 0 Å². The average molecular weight is 382 g/mol. The lowest BCUT2D eigenvalue weighted by Crippen LogP contribution is -2.32. The lowest BCUT2D eigenvalue weighted by molar-refractivity contribution is 0.0796. The summed E-state index contributed by atoms with van der Waals surface area (Å²) >= 11 is 0. The summed E-state index contributed by atoms with van der Waals surface area (Å²) in [5.41, 5.74) is 1.65. The molecule has 1 unspecified atom stereocenters. The van der Waals surface area contributed by atoms with E-state index >= 15 is 0 Å². The van der Waals surface area contributed by atoms with E-state index in [0.29, 0.717) is 40.7 Å². The van der Waals surface area contributed by atoms with Crippen LogP contribution < -0.4 is 14.8 Å². The Labute approximate surface area is 163 Å². The molecule has 3 aromatic rings. The standard InChI is InChI=1S/C21H23FN4O2/c1-13-5-4-6-16(20(13)22)25-21-15-9-19-18(10-17(15)23-12-24-21)27-11-14(28-19)7-8-26(2)3/h4-6,9-10,12,14H,7-8,11H2,1-3H3,(H,23,24,25). The van der Waals surface area contributed by atoms with Crippen molar-refractivity contribution in [3.8, 4) is 11.5 Å². The lowest BCUT2D eigenvalue weighted by atomic mass is 10.1. The van der Waals surface area contributed by atoms with Gasteiger partial charge in [0.25, 0.3) is 0 Å². The zero-order chi connectivity index (χ0) is 19.7. The quantitative estimate of drug-likeness (QED) is 0.722. The molecule has 1 atom stereocenters. The summed E-state index contributed by atoms with van der Waals surface area (Å²) in [5.74, 6) is 1.55. The maximum atomic E-state index is 14.4. The second-order valence-electron chi connectivity index (χ2n) is 7.24. The smallest absolute Gasteiger partial charge is 0.163 e. The van der Waals surface area contributed by atoms with Gasteiger partial charge in [-0.1, -0.05) is 12.1 Å². The molecule has 0 amide bonds. The number of halogens is 1. The highest BCUT2D eigenvalue weighted by atomic mass is 19.1. The number of aromatic nitrogens is 2. The normalized spacial score (nSPS) is 15.8. The molecule has 0 fully saturated rings. The van der Waals surface area contributed by atoms with Gasteiger partial charge in [0, 0.05) is 24.4 Å². The Balaban J connectivity index is 1.66. The van der Waals surface area contributed by atoms with E-state index in [1.807, 2.05) is 26.2 Å². The fraction of sp³-hybridized carbons (Fsp3) is 0.333. The van der Waals surface area contributed by atoms with E-state index in [9.17, 15) is 4.39 Å². The largest absolute Gasteiger partial charge is 0.486 e. The molecule has 0 radical (unpaired) electrons. The van der Waals surface area contributed by atoms with Gasteiger partial charge < -0.3 is 19.7 Å². The number of benzene rings is 2. The van der Waals surface area contributed by atoms with Crippen LogP contribution in [0.25, 0.3) is 10.9 Å². The van der Waals surface area contributed by atoms with Crippen LogP contribution in [0.2, 0.25) is 0 Å². The van der Waals surface area contributed by atoms with Gasteiger partial charge in [-0.25, -0.2) is 14.4 Å². The predicted octanol–water partition coefficient (Wildman–Crippen LogP) is 3.91. The molecular formula is C21H23FN4O2. The van der Waals surface area contributed by atoms with E-state index in [-0.39, 0.29) is 11.9 Å². The molecule has 1 aromatic heterocycles. The Hall–Kier alpha value is -2.93. The number of nitrogens with zero attached hydrogens (tertiary/aromatic N) is 3. The molecule has 4 rings (SSSR count). The molecule has 146 valence electrons. The van der Waals surface area contributed by atoms with E-state index in [4.69, 9.17) is 9.47 Å². The Morgan fingerprint density at radius 1 is 1.21 bits per heavy atom. The van der Waals surface area contributed by atoms with Crippen LogP contribution in [0.1, 0.15) is 12.0 Å². The molecule has 1 aliphatic heterocycles. The molecule has 0 spiro atoms. The van der Waals surface area contributed by atoms with Crippen molar-refractivity contribution in [1.82, 2.24) is 14.9 Å². The van der Waals surface area contributed by atoms with Crippen molar-refractivity contribution in [3.05, 3.63) is 48.0 Å². The average Bonchev–Trinajstić information content (AvgIpc) is 2.68. The molecule has 2 heterocycles. The summed E-state index contributed by atoms with van der Waals surface area (Å²) in [6.07, 6.45) is 2.31.